The number of rotatable bonds is 1. The summed E-state index contributed by atoms with van der Waals surface area (Å²) in [7, 11) is 0. The topological polar surface area (TPSA) is 34.7 Å². The van der Waals surface area contributed by atoms with Crippen molar-refractivity contribution in [2.75, 3.05) is 13.1 Å². The predicted octanol–water partition coefficient (Wildman–Crippen LogP) is 0.957. The van der Waals surface area contributed by atoms with Gasteiger partial charge in [0.1, 0.15) is 0 Å². The lowest BCUT2D eigenvalue weighted by molar-refractivity contribution is 0.434. The van der Waals surface area contributed by atoms with Crippen LogP contribution in [0.3, 0.4) is 0 Å². The van der Waals surface area contributed by atoms with Gasteiger partial charge in [-0.15, -0.1) is 0 Å². The quantitative estimate of drug-likeness (QED) is 0.535. The first kappa shape index (κ1) is 9.24. The molecule has 0 saturated heterocycles. The van der Waals surface area contributed by atoms with Gasteiger partial charge in [-0.3, -0.25) is 0 Å². The molecule has 0 spiro atoms. The highest BCUT2D eigenvalue weighted by Gasteiger charge is 1.96. The monoisotopic (exact) mass is 141 g/mol. The van der Waals surface area contributed by atoms with Gasteiger partial charge in [0, 0.05) is 13.1 Å². The Morgan fingerprint density at radius 1 is 1.60 bits per heavy atom. The van der Waals surface area contributed by atoms with Crippen LogP contribution in [0.15, 0.2) is 23.9 Å². The zero-order chi connectivity index (χ0) is 6.69. The molecule has 2 heteroatoms. The Morgan fingerprint density at radius 2 is 2.30 bits per heavy atom. The summed E-state index contributed by atoms with van der Waals surface area (Å²) in [6, 6.07) is 0. The van der Waals surface area contributed by atoms with Gasteiger partial charge >= 0.3 is 0 Å². The fraction of sp³-hybridized carbons (Fsp3) is 0.500. The van der Waals surface area contributed by atoms with Crippen LogP contribution in [0.2, 0.25) is 0 Å². The van der Waals surface area contributed by atoms with E-state index in [-0.39, 0.29) is 5.48 Å². The number of hydrogen-bond donors (Lipinski definition) is 0. The van der Waals surface area contributed by atoms with Gasteiger partial charge < -0.3 is 10.4 Å². The molecule has 1 aliphatic heterocycles. The second-order valence-electron chi connectivity index (χ2n) is 2.35. The molecule has 0 aromatic carbocycles. The average Bonchev–Trinajstić information content (AvgIpc) is 1.90. The van der Waals surface area contributed by atoms with Crippen molar-refractivity contribution >= 4 is 0 Å². The molecule has 1 heterocycles. The summed E-state index contributed by atoms with van der Waals surface area (Å²) in [4.78, 5) is 2.27. The Kier molecular flexibility index (Phi) is 3.81. The maximum atomic E-state index is 2.27. The van der Waals surface area contributed by atoms with E-state index >= 15 is 0 Å². The molecule has 0 amide bonds. The van der Waals surface area contributed by atoms with E-state index in [1.807, 2.05) is 0 Å². The summed E-state index contributed by atoms with van der Waals surface area (Å²) >= 11 is 0. The Bertz CT molecular complexity index is 149. The van der Waals surface area contributed by atoms with Gasteiger partial charge in [0.05, 0.1) is 0 Å². The van der Waals surface area contributed by atoms with E-state index < -0.39 is 0 Å². The van der Waals surface area contributed by atoms with E-state index in [0.717, 1.165) is 13.1 Å². The molecule has 0 aromatic heterocycles. The van der Waals surface area contributed by atoms with Crippen LogP contribution in [0.5, 0.6) is 0 Å². The van der Waals surface area contributed by atoms with Crippen molar-refractivity contribution in [2.45, 2.75) is 13.8 Å². The maximum Gasteiger partial charge on any atom is 0.0359 e. The van der Waals surface area contributed by atoms with Gasteiger partial charge in [0.25, 0.3) is 0 Å². The van der Waals surface area contributed by atoms with E-state index in [1.54, 1.807) is 0 Å². The summed E-state index contributed by atoms with van der Waals surface area (Å²) in [5.41, 5.74) is 1.37. The van der Waals surface area contributed by atoms with E-state index in [0.29, 0.717) is 0 Å². The van der Waals surface area contributed by atoms with Crippen LogP contribution in [-0.4, -0.2) is 23.5 Å². The zero-order valence-corrected chi connectivity index (χ0v) is 6.59. The number of allylic oxidation sites excluding steroid dienone is 2. The smallest absolute Gasteiger partial charge is 0.0359 e. The minimum absolute atomic E-state index is 0. The van der Waals surface area contributed by atoms with Crippen molar-refractivity contribution in [2.24, 2.45) is 0 Å². The van der Waals surface area contributed by atoms with Gasteiger partial charge in [-0.1, -0.05) is 11.6 Å². The van der Waals surface area contributed by atoms with Crippen LogP contribution in [0.1, 0.15) is 13.8 Å². The molecule has 0 aliphatic carbocycles. The van der Waals surface area contributed by atoms with Gasteiger partial charge in [-0.25, -0.2) is 0 Å². The highest BCUT2D eigenvalue weighted by atomic mass is 16.0. The summed E-state index contributed by atoms with van der Waals surface area (Å²) in [5, 5.41) is 0. The molecule has 2 N–H and O–H groups in total. The molecule has 1 rings (SSSR count). The molecule has 10 heavy (non-hydrogen) atoms. The molecule has 0 radical (unpaired) electrons. The minimum atomic E-state index is 0. The third-order valence-corrected chi connectivity index (χ3v) is 1.60. The summed E-state index contributed by atoms with van der Waals surface area (Å²) < 4.78 is 0. The highest BCUT2D eigenvalue weighted by molar-refractivity contribution is 5.19. The minimum Gasteiger partial charge on any atom is -0.412 e. The molecular weight excluding hydrogens is 126 g/mol. The fourth-order valence-corrected chi connectivity index (χ4v) is 0.848. The normalized spacial score (nSPS) is 16.2. The average molecular weight is 141 g/mol. The van der Waals surface area contributed by atoms with Crippen LogP contribution >= 0.6 is 0 Å². The lowest BCUT2D eigenvalue weighted by Gasteiger charge is -2.19. The largest absolute Gasteiger partial charge is 0.412 e. The first-order valence-corrected chi connectivity index (χ1v) is 3.42. The van der Waals surface area contributed by atoms with Crippen LogP contribution in [-0.2, 0) is 0 Å². The van der Waals surface area contributed by atoms with Crippen LogP contribution < -0.4 is 0 Å². The van der Waals surface area contributed by atoms with Crippen molar-refractivity contribution in [1.29, 1.82) is 0 Å². The standard InChI is InChI=1S/C8H13N.H2O/c1-3-9-6-4-8(2)5-7-9;/h4-6H,3,7H2,1-2H3;1H2. The van der Waals surface area contributed by atoms with E-state index in [9.17, 15) is 0 Å². The van der Waals surface area contributed by atoms with Gasteiger partial charge in [-0.2, -0.15) is 0 Å². The third kappa shape index (κ3) is 2.23. The third-order valence-electron chi connectivity index (χ3n) is 1.60. The first-order chi connectivity index (χ1) is 4.33. The fourth-order valence-electron chi connectivity index (χ4n) is 0.848. The van der Waals surface area contributed by atoms with Crippen molar-refractivity contribution in [3.8, 4) is 0 Å². The Labute approximate surface area is 62.1 Å². The second kappa shape index (κ2) is 4.12. The molecule has 58 valence electrons. The van der Waals surface area contributed by atoms with E-state index in [2.05, 4.69) is 37.1 Å². The van der Waals surface area contributed by atoms with Crippen molar-refractivity contribution in [3.63, 3.8) is 0 Å². The lowest BCUT2D eigenvalue weighted by atomic mass is 10.2. The van der Waals surface area contributed by atoms with E-state index in [1.165, 1.54) is 5.57 Å². The molecule has 1 aliphatic rings. The molecule has 0 unspecified atom stereocenters. The van der Waals surface area contributed by atoms with Gasteiger partial charge in [-0.05, 0) is 26.1 Å². The first-order valence-electron chi connectivity index (χ1n) is 3.42. The van der Waals surface area contributed by atoms with Gasteiger partial charge in [0.2, 0.25) is 0 Å². The summed E-state index contributed by atoms with van der Waals surface area (Å²) in [6.45, 7) is 6.49. The molecule has 2 nitrogen and oxygen atoms in total. The highest BCUT2D eigenvalue weighted by Crippen LogP contribution is 2.04. The molecule has 0 fully saturated rings. The van der Waals surface area contributed by atoms with Crippen LogP contribution in [0.4, 0.5) is 0 Å². The molecule has 0 atom stereocenters. The Morgan fingerprint density at radius 3 is 2.70 bits per heavy atom. The lowest BCUT2D eigenvalue weighted by Crippen LogP contribution is -2.18. The Hall–Kier alpha value is -0.760. The van der Waals surface area contributed by atoms with Crippen molar-refractivity contribution in [3.05, 3.63) is 23.9 Å². The molecular formula is C8H15NO. The number of nitrogens with zero attached hydrogens (tertiary/aromatic N) is 1. The molecule has 0 saturated carbocycles. The maximum absolute atomic E-state index is 2.27. The van der Waals surface area contributed by atoms with Crippen LogP contribution in [0, 0.1) is 0 Å². The number of hydrogen-bond acceptors (Lipinski definition) is 1. The van der Waals surface area contributed by atoms with Crippen molar-refractivity contribution < 1.29 is 5.48 Å². The van der Waals surface area contributed by atoms with E-state index in [4.69, 9.17) is 0 Å². The van der Waals surface area contributed by atoms with Gasteiger partial charge in [0.15, 0.2) is 0 Å². The zero-order valence-electron chi connectivity index (χ0n) is 6.59. The summed E-state index contributed by atoms with van der Waals surface area (Å²) in [5.74, 6) is 0. The van der Waals surface area contributed by atoms with Crippen molar-refractivity contribution in [1.82, 2.24) is 4.90 Å². The molecule has 0 aromatic rings. The molecule has 0 bridgehead atoms. The Balaban J connectivity index is 0.000000810. The van der Waals surface area contributed by atoms with Crippen LogP contribution in [0.25, 0.3) is 0 Å². The SMILES string of the molecule is CCN1C=CC(C)=CC1.O. The number of likely N-dealkylation sites (N-methyl/N-ethyl adjacent to an activating group) is 1. The summed E-state index contributed by atoms with van der Waals surface area (Å²) in [6.07, 6.45) is 6.53. The second-order valence-corrected chi connectivity index (χ2v) is 2.35. The predicted molar refractivity (Wildman–Crippen MR) is 43.8 cm³/mol.